The fourth-order valence-electron chi connectivity index (χ4n) is 2.23. The summed E-state index contributed by atoms with van der Waals surface area (Å²) in [6.07, 6.45) is 17.3. The van der Waals surface area contributed by atoms with E-state index in [0.29, 0.717) is 0 Å². The van der Waals surface area contributed by atoms with Gasteiger partial charge in [0, 0.05) is 12.3 Å². The van der Waals surface area contributed by atoms with Gasteiger partial charge in [0.05, 0.1) is 0 Å². The third-order valence-electron chi connectivity index (χ3n) is 3.40. The highest BCUT2D eigenvalue weighted by molar-refractivity contribution is 7.99. The van der Waals surface area contributed by atoms with Crippen LogP contribution in [0.4, 0.5) is 0 Å². The summed E-state index contributed by atoms with van der Waals surface area (Å²) in [6.45, 7) is 3.12. The molecule has 2 heteroatoms. The monoisotopic (exact) mass is 273 g/mol. The van der Waals surface area contributed by atoms with E-state index in [1.807, 2.05) is 11.8 Å². The van der Waals surface area contributed by atoms with E-state index < -0.39 is 0 Å². The zero-order chi connectivity index (χ0) is 13.3. The van der Waals surface area contributed by atoms with E-state index in [9.17, 15) is 0 Å². The standard InChI is InChI=1S/C16H35NS/c1-2-3-4-5-6-7-8-9-10-11-12-13-15-18-16-14-17/h2-17H2,1H3. The summed E-state index contributed by atoms with van der Waals surface area (Å²) < 4.78 is 0. The van der Waals surface area contributed by atoms with E-state index in [0.717, 1.165) is 12.3 Å². The Morgan fingerprint density at radius 3 is 1.50 bits per heavy atom. The first-order chi connectivity index (χ1) is 8.91. The molecule has 0 heterocycles. The first-order valence-corrected chi connectivity index (χ1v) is 9.35. The van der Waals surface area contributed by atoms with Crippen molar-refractivity contribution >= 4 is 11.8 Å². The summed E-state index contributed by atoms with van der Waals surface area (Å²) >= 11 is 2.01. The molecule has 0 amide bonds. The van der Waals surface area contributed by atoms with Crippen molar-refractivity contribution in [1.82, 2.24) is 0 Å². The van der Waals surface area contributed by atoms with Crippen molar-refractivity contribution in [1.29, 1.82) is 0 Å². The Bertz CT molecular complexity index is 123. The minimum absolute atomic E-state index is 0.836. The van der Waals surface area contributed by atoms with E-state index in [1.165, 1.54) is 82.8 Å². The van der Waals surface area contributed by atoms with Gasteiger partial charge in [-0.15, -0.1) is 0 Å². The molecule has 0 rings (SSSR count). The molecule has 0 spiro atoms. The van der Waals surface area contributed by atoms with Gasteiger partial charge in [-0.05, 0) is 12.2 Å². The van der Waals surface area contributed by atoms with Crippen LogP contribution in [0.2, 0.25) is 0 Å². The lowest BCUT2D eigenvalue weighted by Gasteiger charge is -2.03. The molecule has 2 N–H and O–H groups in total. The second-order valence-corrected chi connectivity index (χ2v) is 6.51. The van der Waals surface area contributed by atoms with E-state index >= 15 is 0 Å². The van der Waals surface area contributed by atoms with E-state index in [1.54, 1.807) is 0 Å². The molecule has 18 heavy (non-hydrogen) atoms. The number of hydrogen-bond donors (Lipinski definition) is 1. The van der Waals surface area contributed by atoms with Gasteiger partial charge in [0.25, 0.3) is 0 Å². The van der Waals surface area contributed by atoms with Gasteiger partial charge in [0.2, 0.25) is 0 Å². The highest BCUT2D eigenvalue weighted by atomic mass is 32.2. The molecule has 0 aromatic carbocycles. The third kappa shape index (κ3) is 16.3. The molecular formula is C16H35NS. The van der Waals surface area contributed by atoms with E-state index in [2.05, 4.69) is 6.92 Å². The van der Waals surface area contributed by atoms with Gasteiger partial charge in [0.15, 0.2) is 0 Å². The number of rotatable bonds is 15. The molecular weight excluding hydrogens is 238 g/mol. The highest BCUT2D eigenvalue weighted by Crippen LogP contribution is 2.12. The van der Waals surface area contributed by atoms with Crippen LogP contribution in [0, 0.1) is 0 Å². The maximum Gasteiger partial charge on any atom is 0.00558 e. The van der Waals surface area contributed by atoms with Crippen LogP contribution in [-0.2, 0) is 0 Å². The summed E-state index contributed by atoms with van der Waals surface area (Å²) in [4.78, 5) is 0. The number of thioether (sulfide) groups is 1. The zero-order valence-electron chi connectivity index (χ0n) is 12.6. The number of unbranched alkanes of at least 4 members (excludes halogenated alkanes) is 11. The van der Waals surface area contributed by atoms with Crippen LogP contribution in [0.3, 0.4) is 0 Å². The third-order valence-corrected chi connectivity index (χ3v) is 4.51. The van der Waals surface area contributed by atoms with Crippen molar-refractivity contribution in [2.75, 3.05) is 18.1 Å². The van der Waals surface area contributed by atoms with Crippen molar-refractivity contribution in [3.05, 3.63) is 0 Å². The van der Waals surface area contributed by atoms with Crippen molar-refractivity contribution in [3.63, 3.8) is 0 Å². The maximum atomic E-state index is 5.45. The van der Waals surface area contributed by atoms with Gasteiger partial charge in [-0.25, -0.2) is 0 Å². The van der Waals surface area contributed by atoms with Crippen LogP contribution in [0.25, 0.3) is 0 Å². The van der Waals surface area contributed by atoms with Crippen molar-refractivity contribution in [3.8, 4) is 0 Å². The second kappa shape index (κ2) is 17.3. The minimum Gasteiger partial charge on any atom is -0.330 e. The van der Waals surface area contributed by atoms with Crippen molar-refractivity contribution in [2.45, 2.75) is 84.0 Å². The largest absolute Gasteiger partial charge is 0.330 e. The van der Waals surface area contributed by atoms with Crippen LogP contribution in [0.15, 0.2) is 0 Å². The molecule has 0 radical (unpaired) electrons. The fraction of sp³-hybridized carbons (Fsp3) is 1.00. The molecule has 0 bridgehead atoms. The molecule has 0 aliphatic heterocycles. The molecule has 0 saturated heterocycles. The van der Waals surface area contributed by atoms with Crippen LogP contribution in [0.1, 0.15) is 84.0 Å². The van der Waals surface area contributed by atoms with E-state index in [-0.39, 0.29) is 0 Å². The Morgan fingerprint density at radius 1 is 0.611 bits per heavy atom. The van der Waals surface area contributed by atoms with Gasteiger partial charge in [0.1, 0.15) is 0 Å². The summed E-state index contributed by atoms with van der Waals surface area (Å²) in [5, 5.41) is 0. The Labute approximate surface area is 120 Å². The van der Waals surface area contributed by atoms with Gasteiger partial charge in [-0.1, -0.05) is 77.6 Å². The summed E-state index contributed by atoms with van der Waals surface area (Å²) in [6, 6.07) is 0. The Kier molecular flexibility index (Phi) is 17.6. The zero-order valence-corrected chi connectivity index (χ0v) is 13.4. The van der Waals surface area contributed by atoms with Gasteiger partial charge in [-0.2, -0.15) is 11.8 Å². The minimum atomic E-state index is 0.836. The Morgan fingerprint density at radius 2 is 1.06 bits per heavy atom. The van der Waals surface area contributed by atoms with Crippen LogP contribution < -0.4 is 5.73 Å². The summed E-state index contributed by atoms with van der Waals surface area (Å²) in [5.41, 5.74) is 5.45. The predicted octanol–water partition coefficient (Wildman–Crippen LogP) is 5.38. The quantitative estimate of drug-likeness (QED) is 0.405. The van der Waals surface area contributed by atoms with Gasteiger partial charge < -0.3 is 5.73 Å². The number of hydrogen-bond acceptors (Lipinski definition) is 2. The predicted molar refractivity (Wildman–Crippen MR) is 87.5 cm³/mol. The Balaban J connectivity index is 2.86. The van der Waals surface area contributed by atoms with E-state index in [4.69, 9.17) is 5.73 Å². The lowest BCUT2D eigenvalue weighted by atomic mass is 10.1. The molecule has 0 aromatic heterocycles. The molecule has 110 valence electrons. The first-order valence-electron chi connectivity index (χ1n) is 8.19. The average molecular weight is 274 g/mol. The lowest BCUT2D eigenvalue weighted by molar-refractivity contribution is 0.548. The molecule has 0 fully saturated rings. The topological polar surface area (TPSA) is 26.0 Å². The van der Waals surface area contributed by atoms with Crippen LogP contribution >= 0.6 is 11.8 Å². The van der Waals surface area contributed by atoms with Crippen LogP contribution in [0.5, 0.6) is 0 Å². The highest BCUT2D eigenvalue weighted by Gasteiger charge is 1.93. The molecule has 1 nitrogen and oxygen atoms in total. The first kappa shape index (κ1) is 18.3. The van der Waals surface area contributed by atoms with Gasteiger partial charge in [-0.3, -0.25) is 0 Å². The molecule has 0 aliphatic rings. The van der Waals surface area contributed by atoms with Crippen molar-refractivity contribution < 1.29 is 0 Å². The molecule has 0 aliphatic carbocycles. The second-order valence-electron chi connectivity index (χ2n) is 5.29. The molecule has 0 aromatic rings. The Hall–Kier alpha value is 0.310. The average Bonchev–Trinajstić information content (AvgIpc) is 2.39. The molecule has 0 unspecified atom stereocenters. The molecule has 0 saturated carbocycles. The normalized spacial score (nSPS) is 11.0. The maximum absolute atomic E-state index is 5.45. The summed E-state index contributed by atoms with van der Waals surface area (Å²) in [7, 11) is 0. The smallest absolute Gasteiger partial charge is 0.00558 e. The SMILES string of the molecule is CCCCCCCCCCCCCCSCCN. The lowest BCUT2D eigenvalue weighted by Crippen LogP contribution is -2.01. The van der Waals surface area contributed by atoms with Gasteiger partial charge >= 0.3 is 0 Å². The van der Waals surface area contributed by atoms with Crippen LogP contribution in [-0.4, -0.2) is 18.1 Å². The molecule has 0 atom stereocenters. The van der Waals surface area contributed by atoms with Crippen molar-refractivity contribution in [2.24, 2.45) is 5.73 Å². The fourth-order valence-corrected chi connectivity index (χ4v) is 3.01. The summed E-state index contributed by atoms with van der Waals surface area (Å²) in [5.74, 6) is 2.45. The number of nitrogens with two attached hydrogens (primary N) is 1.